The summed E-state index contributed by atoms with van der Waals surface area (Å²) < 4.78 is 13.8. The van der Waals surface area contributed by atoms with Crippen LogP contribution in [0.25, 0.3) is 0 Å². The van der Waals surface area contributed by atoms with Crippen molar-refractivity contribution in [1.29, 1.82) is 0 Å². The molecule has 1 nitrogen and oxygen atoms in total. The van der Waals surface area contributed by atoms with Gasteiger partial charge in [-0.3, -0.25) is 0 Å². The Hall–Kier alpha value is -1.09. The summed E-state index contributed by atoms with van der Waals surface area (Å²) in [6, 6.07) is 10.1. The molecule has 0 aliphatic heterocycles. The number of hydrogen-bond acceptors (Lipinski definition) is 1. The molecule has 104 valence electrons. The van der Waals surface area contributed by atoms with Crippen LogP contribution in [0, 0.1) is 5.82 Å². The zero-order chi connectivity index (χ0) is 14.3. The average Bonchev–Trinajstić information content (AvgIpc) is 2.74. The zero-order valence-electron chi connectivity index (χ0n) is 10.7. The van der Waals surface area contributed by atoms with Crippen molar-refractivity contribution in [2.45, 2.75) is 24.9 Å². The van der Waals surface area contributed by atoms with Crippen LogP contribution in [0.1, 0.15) is 23.1 Å². The van der Waals surface area contributed by atoms with E-state index < -0.39 is 5.60 Å². The molecule has 0 heterocycles. The first kappa shape index (κ1) is 13.9. The van der Waals surface area contributed by atoms with Gasteiger partial charge in [-0.1, -0.05) is 41.4 Å². The number of aliphatic hydroxyl groups is 1. The maximum Gasteiger partial charge on any atom is 0.126 e. The summed E-state index contributed by atoms with van der Waals surface area (Å²) in [5, 5.41) is 11.9. The number of hydrogen-bond donors (Lipinski definition) is 1. The van der Waals surface area contributed by atoms with Crippen molar-refractivity contribution in [3.63, 3.8) is 0 Å². The molecular formula is C16H13Cl2FO. The van der Waals surface area contributed by atoms with Gasteiger partial charge in [0.05, 0.1) is 5.60 Å². The van der Waals surface area contributed by atoms with E-state index in [0.29, 0.717) is 46.0 Å². The normalized spacial score (nSPS) is 21.0. The van der Waals surface area contributed by atoms with Gasteiger partial charge in [-0.05, 0) is 47.7 Å². The number of halogens is 3. The maximum atomic E-state index is 13.8. The van der Waals surface area contributed by atoms with Crippen LogP contribution in [-0.2, 0) is 18.4 Å². The Morgan fingerprint density at radius 3 is 2.45 bits per heavy atom. The standard InChI is InChI=1S/C16H13Cl2FO/c17-13-4-2-5-14(18)11(13)9-16(20)8-7-10-12(16)3-1-6-15(10)19/h1-6,20H,7-9H2. The van der Waals surface area contributed by atoms with Crippen LogP contribution in [0.2, 0.25) is 10.0 Å². The molecule has 1 N–H and O–H groups in total. The number of benzene rings is 2. The van der Waals surface area contributed by atoms with E-state index in [9.17, 15) is 9.50 Å². The lowest BCUT2D eigenvalue weighted by Gasteiger charge is -2.25. The number of fused-ring (bicyclic) bond motifs is 1. The highest BCUT2D eigenvalue weighted by Crippen LogP contribution is 2.42. The minimum Gasteiger partial charge on any atom is -0.385 e. The van der Waals surface area contributed by atoms with Crippen molar-refractivity contribution in [1.82, 2.24) is 0 Å². The summed E-state index contributed by atoms with van der Waals surface area (Å²) in [6.07, 6.45) is 1.30. The Morgan fingerprint density at radius 2 is 1.75 bits per heavy atom. The van der Waals surface area contributed by atoms with Crippen molar-refractivity contribution in [2.24, 2.45) is 0 Å². The summed E-state index contributed by atoms with van der Waals surface area (Å²) in [5.41, 5.74) is 0.841. The third-order valence-electron chi connectivity index (χ3n) is 3.94. The van der Waals surface area contributed by atoms with Crippen molar-refractivity contribution in [3.8, 4) is 0 Å². The van der Waals surface area contributed by atoms with Gasteiger partial charge in [-0.25, -0.2) is 4.39 Å². The van der Waals surface area contributed by atoms with E-state index in [1.54, 1.807) is 30.3 Å². The molecule has 1 aliphatic rings. The van der Waals surface area contributed by atoms with E-state index in [4.69, 9.17) is 23.2 Å². The van der Waals surface area contributed by atoms with Gasteiger partial charge in [0.2, 0.25) is 0 Å². The monoisotopic (exact) mass is 310 g/mol. The largest absolute Gasteiger partial charge is 0.385 e. The SMILES string of the molecule is OC1(Cc2c(Cl)cccc2Cl)CCc2c(F)cccc21. The highest BCUT2D eigenvalue weighted by atomic mass is 35.5. The molecule has 20 heavy (non-hydrogen) atoms. The Balaban J connectivity index is 2.03. The molecule has 0 aromatic heterocycles. The van der Waals surface area contributed by atoms with Gasteiger partial charge in [0.15, 0.2) is 0 Å². The molecule has 0 fully saturated rings. The van der Waals surface area contributed by atoms with E-state index in [1.165, 1.54) is 6.07 Å². The Labute approximate surface area is 127 Å². The predicted molar refractivity (Wildman–Crippen MR) is 78.8 cm³/mol. The lowest BCUT2D eigenvalue weighted by molar-refractivity contribution is 0.0390. The summed E-state index contributed by atoms with van der Waals surface area (Å²) in [5.74, 6) is -0.260. The smallest absolute Gasteiger partial charge is 0.126 e. The second kappa shape index (κ2) is 5.03. The van der Waals surface area contributed by atoms with E-state index in [2.05, 4.69) is 0 Å². The van der Waals surface area contributed by atoms with Crippen LogP contribution in [0.4, 0.5) is 4.39 Å². The molecule has 2 aromatic rings. The van der Waals surface area contributed by atoms with Crippen molar-refractivity contribution < 1.29 is 9.50 Å². The second-order valence-electron chi connectivity index (χ2n) is 5.17. The average molecular weight is 311 g/mol. The van der Waals surface area contributed by atoms with Gasteiger partial charge in [0, 0.05) is 16.5 Å². The van der Waals surface area contributed by atoms with E-state index in [1.807, 2.05) is 0 Å². The summed E-state index contributed by atoms with van der Waals surface area (Å²) in [6.45, 7) is 0. The fraction of sp³-hybridized carbons (Fsp3) is 0.250. The number of rotatable bonds is 2. The summed E-state index contributed by atoms with van der Waals surface area (Å²) in [7, 11) is 0. The third-order valence-corrected chi connectivity index (χ3v) is 4.65. The molecule has 1 aliphatic carbocycles. The second-order valence-corrected chi connectivity index (χ2v) is 5.99. The molecule has 0 bridgehead atoms. The highest BCUT2D eigenvalue weighted by Gasteiger charge is 2.38. The summed E-state index contributed by atoms with van der Waals surface area (Å²) >= 11 is 12.3. The lowest BCUT2D eigenvalue weighted by atomic mass is 9.88. The third kappa shape index (κ3) is 2.22. The predicted octanol–water partition coefficient (Wildman–Crippen LogP) is 4.51. The molecule has 1 unspecified atom stereocenters. The Morgan fingerprint density at radius 1 is 1.10 bits per heavy atom. The molecule has 0 saturated heterocycles. The molecule has 0 saturated carbocycles. The van der Waals surface area contributed by atoms with Crippen LogP contribution in [0.15, 0.2) is 36.4 Å². The van der Waals surface area contributed by atoms with Gasteiger partial charge < -0.3 is 5.11 Å². The van der Waals surface area contributed by atoms with Crippen molar-refractivity contribution >= 4 is 23.2 Å². The van der Waals surface area contributed by atoms with Crippen LogP contribution >= 0.6 is 23.2 Å². The zero-order valence-corrected chi connectivity index (χ0v) is 12.2. The highest BCUT2D eigenvalue weighted by molar-refractivity contribution is 6.36. The topological polar surface area (TPSA) is 20.2 Å². The Kier molecular flexibility index (Phi) is 3.49. The minimum atomic E-state index is -1.11. The van der Waals surface area contributed by atoms with Gasteiger partial charge >= 0.3 is 0 Å². The molecule has 1 atom stereocenters. The van der Waals surface area contributed by atoms with Crippen molar-refractivity contribution in [2.75, 3.05) is 0 Å². The molecule has 4 heteroatoms. The van der Waals surface area contributed by atoms with E-state index in [0.717, 1.165) is 0 Å². The maximum absolute atomic E-state index is 13.8. The van der Waals surface area contributed by atoms with Crippen LogP contribution in [0.3, 0.4) is 0 Å². The van der Waals surface area contributed by atoms with E-state index in [-0.39, 0.29) is 5.82 Å². The quantitative estimate of drug-likeness (QED) is 0.865. The van der Waals surface area contributed by atoms with Crippen LogP contribution < -0.4 is 0 Å². The van der Waals surface area contributed by atoms with Crippen molar-refractivity contribution in [3.05, 3.63) is 69.0 Å². The Bertz CT molecular complexity index is 651. The van der Waals surface area contributed by atoms with Gasteiger partial charge in [0.25, 0.3) is 0 Å². The first-order valence-electron chi connectivity index (χ1n) is 6.44. The molecule has 2 aromatic carbocycles. The molecule has 3 rings (SSSR count). The summed E-state index contributed by atoms with van der Waals surface area (Å²) in [4.78, 5) is 0. The first-order chi connectivity index (χ1) is 9.51. The minimum absolute atomic E-state index is 0.260. The van der Waals surface area contributed by atoms with Gasteiger partial charge in [-0.2, -0.15) is 0 Å². The fourth-order valence-corrected chi connectivity index (χ4v) is 3.42. The van der Waals surface area contributed by atoms with Crippen LogP contribution in [-0.4, -0.2) is 5.11 Å². The first-order valence-corrected chi connectivity index (χ1v) is 7.20. The molecular weight excluding hydrogens is 298 g/mol. The molecule has 0 radical (unpaired) electrons. The van der Waals surface area contributed by atoms with Gasteiger partial charge in [-0.15, -0.1) is 0 Å². The van der Waals surface area contributed by atoms with Gasteiger partial charge in [0.1, 0.15) is 5.82 Å². The fourth-order valence-electron chi connectivity index (χ4n) is 2.89. The van der Waals surface area contributed by atoms with Crippen LogP contribution in [0.5, 0.6) is 0 Å². The molecule has 0 spiro atoms. The molecule has 0 amide bonds. The van der Waals surface area contributed by atoms with E-state index >= 15 is 0 Å². The lowest BCUT2D eigenvalue weighted by Crippen LogP contribution is -2.25.